The van der Waals surface area contributed by atoms with Crippen molar-refractivity contribution in [1.29, 1.82) is 0 Å². The molecule has 9 heteroatoms. The van der Waals surface area contributed by atoms with Crippen molar-refractivity contribution in [2.75, 3.05) is 19.3 Å². The molecule has 132 valence electrons. The van der Waals surface area contributed by atoms with Gasteiger partial charge >= 0.3 is 0 Å². The molecule has 0 aliphatic rings. The standard InChI is InChI=1S/C14H23FN2O4S2/c1-11-10-12(15)6-7-13(11)23(20,21)16-8-9-17(14(2,3)4)22(5,18)19/h6-7,10,16H,8-9H2,1-5H3. The maximum absolute atomic E-state index is 13.1. The van der Waals surface area contributed by atoms with Crippen LogP contribution in [0.2, 0.25) is 0 Å². The second kappa shape index (κ2) is 6.84. The second-order valence-electron chi connectivity index (χ2n) is 6.31. The van der Waals surface area contributed by atoms with Crippen LogP contribution in [0.1, 0.15) is 26.3 Å². The first-order valence-electron chi connectivity index (χ1n) is 6.99. The molecule has 0 amide bonds. The molecule has 1 rings (SSSR count). The largest absolute Gasteiger partial charge is 0.240 e. The van der Waals surface area contributed by atoms with Crippen molar-refractivity contribution < 1.29 is 21.2 Å². The zero-order valence-corrected chi connectivity index (χ0v) is 15.6. The average molecular weight is 366 g/mol. The molecule has 1 aromatic carbocycles. The Labute approximate surface area is 137 Å². The van der Waals surface area contributed by atoms with Crippen LogP contribution in [0.4, 0.5) is 4.39 Å². The van der Waals surface area contributed by atoms with E-state index in [1.165, 1.54) is 17.3 Å². The number of nitrogens with zero attached hydrogens (tertiary/aromatic N) is 1. The molecule has 6 nitrogen and oxygen atoms in total. The van der Waals surface area contributed by atoms with Crippen molar-refractivity contribution >= 4 is 20.0 Å². The summed E-state index contributed by atoms with van der Waals surface area (Å²) >= 11 is 0. The first kappa shape index (κ1) is 20.0. The maximum Gasteiger partial charge on any atom is 0.240 e. The van der Waals surface area contributed by atoms with E-state index in [1.807, 2.05) is 0 Å². The van der Waals surface area contributed by atoms with Crippen LogP contribution in [0.3, 0.4) is 0 Å². The Morgan fingerprint density at radius 2 is 1.74 bits per heavy atom. The van der Waals surface area contributed by atoms with Crippen LogP contribution in [0.15, 0.2) is 23.1 Å². The third-order valence-electron chi connectivity index (χ3n) is 3.18. The Hall–Kier alpha value is -1.03. The third kappa shape index (κ3) is 5.52. The van der Waals surface area contributed by atoms with E-state index >= 15 is 0 Å². The Morgan fingerprint density at radius 1 is 1.17 bits per heavy atom. The van der Waals surface area contributed by atoms with Crippen LogP contribution in [0, 0.1) is 12.7 Å². The van der Waals surface area contributed by atoms with Gasteiger partial charge in [0, 0.05) is 18.6 Å². The second-order valence-corrected chi connectivity index (χ2v) is 9.96. The summed E-state index contributed by atoms with van der Waals surface area (Å²) in [5.74, 6) is -0.516. The number of sulfonamides is 2. The van der Waals surface area contributed by atoms with Crippen molar-refractivity contribution in [3.63, 3.8) is 0 Å². The Morgan fingerprint density at radius 3 is 2.17 bits per heavy atom. The summed E-state index contributed by atoms with van der Waals surface area (Å²) in [5.41, 5.74) is -0.376. The maximum atomic E-state index is 13.1. The zero-order valence-electron chi connectivity index (χ0n) is 13.9. The summed E-state index contributed by atoms with van der Waals surface area (Å²) < 4.78 is 64.7. The van der Waals surface area contributed by atoms with Crippen LogP contribution in [0.25, 0.3) is 0 Å². The molecule has 0 bridgehead atoms. The number of halogens is 1. The Balaban J connectivity index is 2.88. The zero-order chi connectivity index (χ0) is 18.1. The SMILES string of the molecule is Cc1cc(F)ccc1S(=O)(=O)NCCN(C(C)(C)C)S(C)(=O)=O. The molecule has 0 saturated carbocycles. The van der Waals surface area contributed by atoms with Gasteiger partial charge in [0.15, 0.2) is 0 Å². The molecule has 1 N–H and O–H groups in total. The van der Waals surface area contributed by atoms with Crippen LogP contribution in [-0.4, -0.2) is 46.0 Å². The molecular weight excluding hydrogens is 343 g/mol. The van der Waals surface area contributed by atoms with E-state index in [0.717, 1.165) is 18.4 Å². The lowest BCUT2D eigenvalue weighted by atomic mass is 10.1. The summed E-state index contributed by atoms with van der Waals surface area (Å²) in [7, 11) is -7.30. The van der Waals surface area contributed by atoms with Crippen molar-refractivity contribution in [3.05, 3.63) is 29.6 Å². The topological polar surface area (TPSA) is 83.6 Å². The summed E-state index contributed by atoms with van der Waals surface area (Å²) in [4.78, 5) is -0.0273. The van der Waals surface area contributed by atoms with E-state index in [2.05, 4.69) is 4.72 Å². The molecule has 0 saturated heterocycles. The Bertz CT molecular complexity index is 768. The minimum Gasteiger partial charge on any atom is -0.212 e. The van der Waals surface area contributed by atoms with Crippen LogP contribution in [0.5, 0.6) is 0 Å². The van der Waals surface area contributed by atoms with Gasteiger partial charge in [0.2, 0.25) is 20.0 Å². The summed E-state index contributed by atoms with van der Waals surface area (Å²) in [5, 5.41) is 0. The Kier molecular flexibility index (Phi) is 5.95. The van der Waals surface area contributed by atoms with Gasteiger partial charge in [-0.05, 0) is 51.5 Å². The quantitative estimate of drug-likeness (QED) is 0.826. The van der Waals surface area contributed by atoms with E-state index < -0.39 is 31.4 Å². The van der Waals surface area contributed by atoms with Crippen LogP contribution >= 0.6 is 0 Å². The molecular formula is C14H23FN2O4S2. The molecule has 0 aromatic heterocycles. The van der Waals surface area contributed by atoms with Gasteiger partial charge in [-0.2, -0.15) is 4.31 Å². The van der Waals surface area contributed by atoms with E-state index in [1.54, 1.807) is 20.8 Å². The minimum atomic E-state index is -3.83. The van der Waals surface area contributed by atoms with Crippen molar-refractivity contribution in [1.82, 2.24) is 9.03 Å². The fraction of sp³-hybridized carbons (Fsp3) is 0.571. The highest BCUT2D eigenvalue weighted by Gasteiger charge is 2.29. The average Bonchev–Trinajstić information content (AvgIpc) is 2.30. The minimum absolute atomic E-state index is 0.00179. The summed E-state index contributed by atoms with van der Waals surface area (Å²) in [6.45, 7) is 6.60. The molecule has 0 fully saturated rings. The molecule has 1 aromatic rings. The number of hydrogen-bond acceptors (Lipinski definition) is 4. The molecule has 0 heterocycles. The van der Waals surface area contributed by atoms with Gasteiger partial charge in [0.1, 0.15) is 5.82 Å². The number of benzene rings is 1. The number of aryl methyl sites for hydroxylation is 1. The van der Waals surface area contributed by atoms with Crippen molar-refractivity contribution in [2.45, 2.75) is 38.1 Å². The predicted octanol–water partition coefficient (Wildman–Crippen LogP) is 1.47. The van der Waals surface area contributed by atoms with Gasteiger partial charge < -0.3 is 0 Å². The molecule has 0 unspecified atom stereocenters. The van der Waals surface area contributed by atoms with Gasteiger partial charge in [0.25, 0.3) is 0 Å². The third-order valence-corrected chi connectivity index (χ3v) is 6.33. The molecule has 0 spiro atoms. The number of hydrogen-bond donors (Lipinski definition) is 1. The highest BCUT2D eigenvalue weighted by Crippen LogP contribution is 2.18. The smallest absolute Gasteiger partial charge is 0.212 e. The van der Waals surface area contributed by atoms with E-state index in [0.29, 0.717) is 0 Å². The molecule has 0 aliphatic carbocycles. The lowest BCUT2D eigenvalue weighted by Crippen LogP contribution is -2.48. The highest BCUT2D eigenvalue weighted by atomic mass is 32.2. The van der Waals surface area contributed by atoms with Crippen molar-refractivity contribution in [3.8, 4) is 0 Å². The first-order valence-corrected chi connectivity index (χ1v) is 10.3. The van der Waals surface area contributed by atoms with Gasteiger partial charge in [-0.25, -0.2) is 25.9 Å². The monoisotopic (exact) mass is 366 g/mol. The van der Waals surface area contributed by atoms with Crippen molar-refractivity contribution in [2.24, 2.45) is 0 Å². The van der Waals surface area contributed by atoms with E-state index in [9.17, 15) is 21.2 Å². The van der Waals surface area contributed by atoms with Gasteiger partial charge in [-0.3, -0.25) is 0 Å². The van der Waals surface area contributed by atoms with Gasteiger partial charge in [0.05, 0.1) is 11.2 Å². The first-order chi connectivity index (χ1) is 10.2. The molecule has 0 radical (unpaired) electrons. The summed E-state index contributed by atoms with van der Waals surface area (Å²) in [6.07, 6.45) is 1.08. The lowest BCUT2D eigenvalue weighted by molar-refractivity contribution is 0.254. The normalized spacial score (nSPS) is 13.5. The number of nitrogens with one attached hydrogen (secondary N) is 1. The fourth-order valence-electron chi connectivity index (χ4n) is 2.27. The fourth-order valence-corrected chi connectivity index (χ4v) is 4.94. The summed E-state index contributed by atoms with van der Waals surface area (Å²) in [6, 6.07) is 3.39. The van der Waals surface area contributed by atoms with E-state index in [4.69, 9.17) is 0 Å². The lowest BCUT2D eigenvalue weighted by Gasteiger charge is -2.33. The van der Waals surface area contributed by atoms with Crippen LogP contribution < -0.4 is 4.72 Å². The van der Waals surface area contributed by atoms with Crippen LogP contribution in [-0.2, 0) is 20.0 Å². The van der Waals surface area contributed by atoms with Gasteiger partial charge in [-0.1, -0.05) is 0 Å². The molecule has 23 heavy (non-hydrogen) atoms. The molecule has 0 aliphatic heterocycles. The molecule has 0 atom stereocenters. The highest BCUT2D eigenvalue weighted by molar-refractivity contribution is 7.89. The number of rotatable bonds is 6. The predicted molar refractivity (Wildman–Crippen MR) is 87.6 cm³/mol. The van der Waals surface area contributed by atoms with E-state index in [-0.39, 0.29) is 23.5 Å². The van der Waals surface area contributed by atoms with Gasteiger partial charge in [-0.15, -0.1) is 0 Å².